The molecule has 4 nitrogen and oxygen atoms in total. The van der Waals surface area contributed by atoms with Gasteiger partial charge in [-0.25, -0.2) is 0 Å². The van der Waals surface area contributed by atoms with Crippen molar-refractivity contribution in [3.8, 4) is 0 Å². The molecule has 4 aliphatic rings. The van der Waals surface area contributed by atoms with E-state index in [1.165, 1.54) is 12.5 Å². The molecular weight excluding hydrogens is 340 g/mol. The Morgan fingerprint density at radius 1 is 1.00 bits per heavy atom. The summed E-state index contributed by atoms with van der Waals surface area (Å²) in [6, 6.07) is 0. The smallest absolute Gasteiger partial charge is 0.303 e. The molecule has 0 aromatic carbocycles. The molecule has 0 amide bonds. The van der Waals surface area contributed by atoms with Crippen molar-refractivity contribution in [2.75, 3.05) is 0 Å². The van der Waals surface area contributed by atoms with Gasteiger partial charge in [-0.15, -0.1) is 0 Å². The number of hydrogen-bond acceptors (Lipinski definition) is 4. The fraction of sp³-hybridized carbons (Fsp3) is 0.783. The molecule has 3 fully saturated rings. The number of fused-ring (bicyclic) bond motifs is 5. The molecule has 0 heterocycles. The summed E-state index contributed by atoms with van der Waals surface area (Å²) in [5.74, 6) is 1.48. The van der Waals surface area contributed by atoms with Gasteiger partial charge >= 0.3 is 5.97 Å². The molecule has 0 saturated heterocycles. The number of allylic oxidation sites excluding steroid dienone is 1. The number of carbonyl (C=O) groups is 3. The first-order chi connectivity index (χ1) is 12.6. The molecule has 0 N–H and O–H groups in total. The Hall–Kier alpha value is -1.45. The van der Waals surface area contributed by atoms with E-state index in [0.717, 1.165) is 38.5 Å². The zero-order valence-electron chi connectivity index (χ0n) is 17.1. The third-order valence-electron chi connectivity index (χ3n) is 8.97. The average molecular weight is 373 g/mol. The maximum atomic E-state index is 12.7. The van der Waals surface area contributed by atoms with Crippen molar-refractivity contribution >= 4 is 17.5 Å². The van der Waals surface area contributed by atoms with Crippen molar-refractivity contribution in [1.29, 1.82) is 0 Å². The van der Waals surface area contributed by atoms with Gasteiger partial charge in [0.05, 0.1) is 0 Å². The van der Waals surface area contributed by atoms with Crippen LogP contribution in [0.3, 0.4) is 0 Å². The third-order valence-corrected chi connectivity index (χ3v) is 8.97. The van der Waals surface area contributed by atoms with Gasteiger partial charge in [-0.1, -0.05) is 19.4 Å². The van der Waals surface area contributed by atoms with Crippen LogP contribution >= 0.6 is 0 Å². The SMILES string of the molecule is CC(=O)O[C@]1(C(C)=O)CC[C@H]2[C@H]3CCC4=CC(=O)CC[C@@]4(C)[C@@H]3CC[C@@]21C. The van der Waals surface area contributed by atoms with Gasteiger partial charge in [0.15, 0.2) is 17.2 Å². The summed E-state index contributed by atoms with van der Waals surface area (Å²) < 4.78 is 5.81. The molecule has 0 spiro atoms. The van der Waals surface area contributed by atoms with E-state index in [-0.39, 0.29) is 28.4 Å². The van der Waals surface area contributed by atoms with E-state index >= 15 is 0 Å². The fourth-order valence-corrected chi connectivity index (χ4v) is 7.62. The molecule has 4 rings (SSSR count). The quantitative estimate of drug-likeness (QED) is 0.674. The number of Topliss-reactive ketones (excluding diaryl/α,β-unsaturated/α-hetero) is 1. The van der Waals surface area contributed by atoms with E-state index < -0.39 is 5.60 Å². The zero-order chi connectivity index (χ0) is 19.6. The van der Waals surface area contributed by atoms with Crippen LogP contribution in [0.2, 0.25) is 0 Å². The Balaban J connectivity index is 1.70. The standard InChI is InChI=1S/C23H32O4/c1-14(24)23(27-15(2)25)12-9-20-18-6-5-16-13-17(26)7-10-21(16,3)19(18)8-11-22(20,23)4/h13,18-20H,5-12H2,1-4H3/t18-,19+,20-,21+,22-,23-/m0/s1. The molecule has 0 unspecified atom stereocenters. The Morgan fingerprint density at radius 2 is 1.70 bits per heavy atom. The highest BCUT2D eigenvalue weighted by Crippen LogP contribution is 2.68. The highest BCUT2D eigenvalue weighted by molar-refractivity contribution is 5.91. The van der Waals surface area contributed by atoms with E-state index in [1.807, 2.05) is 6.08 Å². The second-order valence-corrected chi connectivity index (χ2v) is 9.94. The van der Waals surface area contributed by atoms with Crippen LogP contribution in [0, 0.1) is 28.6 Å². The fourth-order valence-electron chi connectivity index (χ4n) is 7.62. The van der Waals surface area contributed by atoms with Crippen molar-refractivity contribution in [3.05, 3.63) is 11.6 Å². The zero-order valence-corrected chi connectivity index (χ0v) is 17.1. The lowest BCUT2D eigenvalue weighted by atomic mass is 9.46. The summed E-state index contributed by atoms with van der Waals surface area (Å²) in [6.45, 7) is 7.58. The van der Waals surface area contributed by atoms with Crippen molar-refractivity contribution in [3.63, 3.8) is 0 Å². The second-order valence-electron chi connectivity index (χ2n) is 9.94. The summed E-state index contributed by atoms with van der Waals surface area (Å²) in [5, 5.41) is 0. The topological polar surface area (TPSA) is 60.4 Å². The molecule has 148 valence electrons. The summed E-state index contributed by atoms with van der Waals surface area (Å²) in [5.41, 5.74) is 0.266. The Bertz CT molecular complexity index is 737. The molecular formula is C23H32O4. The normalized spacial score (nSPS) is 46.0. The minimum absolute atomic E-state index is 0.00650. The average Bonchev–Trinajstić information content (AvgIpc) is 2.89. The van der Waals surface area contributed by atoms with Gasteiger partial charge in [0.2, 0.25) is 0 Å². The van der Waals surface area contributed by atoms with Crippen LogP contribution in [-0.2, 0) is 19.1 Å². The molecule has 27 heavy (non-hydrogen) atoms. The lowest BCUT2D eigenvalue weighted by Crippen LogP contribution is -2.58. The van der Waals surface area contributed by atoms with Crippen molar-refractivity contribution < 1.29 is 19.1 Å². The first kappa shape index (κ1) is 18.9. The van der Waals surface area contributed by atoms with Crippen molar-refractivity contribution in [2.45, 2.75) is 84.7 Å². The number of ketones is 2. The highest BCUT2D eigenvalue weighted by atomic mass is 16.6. The van der Waals surface area contributed by atoms with Crippen LogP contribution in [-0.4, -0.2) is 23.1 Å². The molecule has 0 aromatic rings. The van der Waals surface area contributed by atoms with Crippen LogP contribution in [0.15, 0.2) is 11.6 Å². The highest BCUT2D eigenvalue weighted by Gasteiger charge is 2.67. The van der Waals surface area contributed by atoms with Crippen LogP contribution in [0.5, 0.6) is 0 Å². The second kappa shape index (κ2) is 6.02. The minimum atomic E-state index is -0.950. The van der Waals surface area contributed by atoms with Gasteiger partial charge < -0.3 is 4.74 Å². The summed E-state index contributed by atoms with van der Waals surface area (Å²) in [6.07, 6.45) is 9.23. The number of esters is 1. The summed E-state index contributed by atoms with van der Waals surface area (Å²) in [7, 11) is 0. The molecule has 0 radical (unpaired) electrons. The summed E-state index contributed by atoms with van der Waals surface area (Å²) >= 11 is 0. The largest absolute Gasteiger partial charge is 0.451 e. The predicted molar refractivity (Wildman–Crippen MR) is 102 cm³/mol. The van der Waals surface area contributed by atoms with Gasteiger partial charge in [0.1, 0.15) is 0 Å². The first-order valence-corrected chi connectivity index (χ1v) is 10.6. The maximum absolute atomic E-state index is 12.7. The minimum Gasteiger partial charge on any atom is -0.451 e. The van der Waals surface area contributed by atoms with E-state index in [9.17, 15) is 14.4 Å². The van der Waals surface area contributed by atoms with Gasteiger partial charge in [0, 0.05) is 18.8 Å². The van der Waals surface area contributed by atoms with Gasteiger partial charge in [-0.3, -0.25) is 14.4 Å². The lowest BCUT2D eigenvalue weighted by Gasteiger charge is -2.59. The molecule has 4 heteroatoms. The van der Waals surface area contributed by atoms with E-state index in [4.69, 9.17) is 4.74 Å². The van der Waals surface area contributed by atoms with Crippen molar-refractivity contribution in [1.82, 2.24) is 0 Å². The Kier molecular flexibility index (Phi) is 4.21. The maximum Gasteiger partial charge on any atom is 0.303 e. The first-order valence-electron chi connectivity index (χ1n) is 10.6. The number of rotatable bonds is 2. The number of carbonyl (C=O) groups excluding carboxylic acids is 3. The monoisotopic (exact) mass is 372 g/mol. The van der Waals surface area contributed by atoms with Crippen LogP contribution in [0.4, 0.5) is 0 Å². The molecule has 3 saturated carbocycles. The Morgan fingerprint density at radius 3 is 2.37 bits per heavy atom. The van der Waals surface area contributed by atoms with Gasteiger partial charge in [0.25, 0.3) is 0 Å². The summed E-state index contributed by atoms with van der Waals surface area (Å²) in [4.78, 5) is 36.5. The molecule has 0 aromatic heterocycles. The van der Waals surface area contributed by atoms with Gasteiger partial charge in [-0.2, -0.15) is 0 Å². The number of hydrogen-bond donors (Lipinski definition) is 0. The van der Waals surface area contributed by atoms with E-state index in [1.54, 1.807) is 6.92 Å². The van der Waals surface area contributed by atoms with Gasteiger partial charge in [-0.05, 0) is 81.1 Å². The molecule has 0 aliphatic heterocycles. The van der Waals surface area contributed by atoms with Crippen LogP contribution < -0.4 is 0 Å². The van der Waals surface area contributed by atoms with E-state index in [0.29, 0.717) is 30.6 Å². The molecule has 4 aliphatic carbocycles. The number of ether oxygens (including phenoxy) is 1. The van der Waals surface area contributed by atoms with E-state index in [2.05, 4.69) is 13.8 Å². The lowest BCUT2D eigenvalue weighted by molar-refractivity contribution is -0.187. The molecule has 6 atom stereocenters. The van der Waals surface area contributed by atoms with Crippen molar-refractivity contribution in [2.24, 2.45) is 28.6 Å². The van der Waals surface area contributed by atoms with Crippen LogP contribution in [0.1, 0.15) is 79.1 Å². The predicted octanol–water partition coefficient (Wildman–Crippen LogP) is 4.41. The van der Waals surface area contributed by atoms with Crippen LogP contribution in [0.25, 0.3) is 0 Å². The molecule has 0 bridgehead atoms. The Labute approximate surface area is 162 Å². The third kappa shape index (κ3) is 2.44.